The topological polar surface area (TPSA) is 75.3 Å². The number of hydrogen-bond donors (Lipinski definition) is 2. The number of carbonyl (C=O) groups is 2. The van der Waals surface area contributed by atoms with Gasteiger partial charge in [-0.15, -0.1) is 0 Å². The molecule has 2 N–H and O–H groups in total. The Bertz CT molecular complexity index is 732. The summed E-state index contributed by atoms with van der Waals surface area (Å²) >= 11 is 5.90. The molecule has 0 aliphatic carbocycles. The van der Waals surface area contributed by atoms with Crippen LogP contribution < -0.4 is 10.9 Å². The lowest BCUT2D eigenvalue weighted by molar-refractivity contribution is 0.0846. The minimum Gasteiger partial charge on any atom is -0.267 e. The second kappa shape index (κ2) is 7.20. The van der Waals surface area contributed by atoms with Crippen molar-refractivity contribution in [3.63, 3.8) is 0 Å². The van der Waals surface area contributed by atoms with Crippen LogP contribution >= 0.6 is 11.6 Å². The van der Waals surface area contributed by atoms with Crippen LogP contribution in [0.1, 0.15) is 20.7 Å². The average molecular weight is 337 g/mol. The van der Waals surface area contributed by atoms with Crippen molar-refractivity contribution in [3.8, 4) is 0 Å². The first-order chi connectivity index (χ1) is 10.5. The fraction of sp³-hybridized carbons (Fsp3) is 0.0667. The quantitative estimate of drug-likeness (QED) is 0.843. The molecule has 0 saturated heterocycles. The van der Waals surface area contributed by atoms with Gasteiger partial charge in [0.05, 0.1) is 10.6 Å². The van der Waals surface area contributed by atoms with Gasteiger partial charge in [-0.25, -0.2) is 0 Å². The van der Waals surface area contributed by atoms with E-state index in [1.807, 2.05) is 0 Å². The molecule has 114 valence electrons. The van der Waals surface area contributed by atoms with Gasteiger partial charge in [-0.05, 0) is 36.4 Å². The van der Waals surface area contributed by atoms with Crippen LogP contribution in [0, 0.1) is 0 Å². The summed E-state index contributed by atoms with van der Waals surface area (Å²) in [6.45, 7) is 0. The number of hydrogen-bond acceptors (Lipinski definition) is 3. The standard InChI is InChI=1S/C15H13ClN2O3S/c1-22(21)11-8-6-10(7-9-11)14(19)17-18-15(20)12-4-2-3-5-13(12)16/h2-9H,1H3,(H,17,19)(H,18,20). The summed E-state index contributed by atoms with van der Waals surface area (Å²) in [6, 6.07) is 12.8. The van der Waals surface area contributed by atoms with Gasteiger partial charge in [-0.3, -0.25) is 24.6 Å². The minimum atomic E-state index is -1.11. The highest BCUT2D eigenvalue weighted by Crippen LogP contribution is 2.14. The third-order valence-corrected chi connectivity index (χ3v) is 4.12. The van der Waals surface area contributed by atoms with Gasteiger partial charge >= 0.3 is 0 Å². The molecular formula is C15H13ClN2O3S. The lowest BCUT2D eigenvalue weighted by atomic mass is 10.2. The molecule has 0 aliphatic rings. The number of halogens is 1. The smallest absolute Gasteiger partial charge is 0.267 e. The van der Waals surface area contributed by atoms with E-state index >= 15 is 0 Å². The van der Waals surface area contributed by atoms with Gasteiger partial charge < -0.3 is 0 Å². The van der Waals surface area contributed by atoms with Gasteiger partial charge in [0.25, 0.3) is 11.8 Å². The Morgan fingerprint density at radius 1 is 0.955 bits per heavy atom. The molecule has 1 atom stereocenters. The van der Waals surface area contributed by atoms with Crippen molar-refractivity contribution in [1.29, 1.82) is 0 Å². The van der Waals surface area contributed by atoms with Crippen LogP contribution in [-0.2, 0) is 10.8 Å². The molecule has 0 bridgehead atoms. The SMILES string of the molecule is CS(=O)c1ccc(C(=O)NNC(=O)c2ccccc2Cl)cc1. The minimum absolute atomic E-state index is 0.265. The third-order valence-electron chi connectivity index (χ3n) is 2.86. The fourth-order valence-electron chi connectivity index (χ4n) is 1.70. The Labute approximate surface area is 135 Å². The monoisotopic (exact) mass is 336 g/mol. The molecule has 2 amide bonds. The third kappa shape index (κ3) is 3.93. The van der Waals surface area contributed by atoms with Crippen molar-refractivity contribution in [1.82, 2.24) is 10.9 Å². The molecule has 0 spiro atoms. The highest BCUT2D eigenvalue weighted by Gasteiger charge is 2.11. The van der Waals surface area contributed by atoms with Gasteiger partial charge in [0.15, 0.2) is 0 Å². The molecule has 0 saturated carbocycles. The van der Waals surface area contributed by atoms with E-state index in [0.717, 1.165) is 0 Å². The van der Waals surface area contributed by atoms with Crippen LogP contribution in [0.3, 0.4) is 0 Å². The second-order valence-electron chi connectivity index (χ2n) is 4.37. The van der Waals surface area contributed by atoms with Gasteiger partial charge in [0, 0.05) is 27.5 Å². The van der Waals surface area contributed by atoms with Crippen LogP contribution in [0.5, 0.6) is 0 Å². The molecule has 0 heterocycles. The zero-order valence-electron chi connectivity index (χ0n) is 11.6. The first kappa shape index (κ1) is 16.2. The van der Waals surface area contributed by atoms with Crippen molar-refractivity contribution < 1.29 is 13.8 Å². The number of hydrazine groups is 1. The van der Waals surface area contributed by atoms with E-state index in [1.54, 1.807) is 42.7 Å². The first-order valence-electron chi connectivity index (χ1n) is 6.27. The summed E-state index contributed by atoms with van der Waals surface area (Å²) in [6.07, 6.45) is 1.55. The highest BCUT2D eigenvalue weighted by atomic mass is 35.5. The van der Waals surface area contributed by atoms with Crippen molar-refractivity contribution in [3.05, 3.63) is 64.7 Å². The molecule has 7 heteroatoms. The predicted molar refractivity (Wildman–Crippen MR) is 85.2 cm³/mol. The molecule has 0 aliphatic heterocycles. The molecule has 0 radical (unpaired) electrons. The Hall–Kier alpha value is -2.18. The number of nitrogens with one attached hydrogen (secondary N) is 2. The second-order valence-corrected chi connectivity index (χ2v) is 6.15. The number of carbonyl (C=O) groups excluding carboxylic acids is 2. The van der Waals surface area contributed by atoms with E-state index in [-0.39, 0.29) is 5.56 Å². The van der Waals surface area contributed by atoms with E-state index < -0.39 is 22.6 Å². The fourth-order valence-corrected chi connectivity index (χ4v) is 2.44. The molecule has 22 heavy (non-hydrogen) atoms. The summed E-state index contributed by atoms with van der Waals surface area (Å²) in [4.78, 5) is 24.4. The van der Waals surface area contributed by atoms with Gasteiger partial charge in [0.2, 0.25) is 0 Å². The van der Waals surface area contributed by atoms with Gasteiger partial charge in [-0.2, -0.15) is 0 Å². The number of benzene rings is 2. The van der Waals surface area contributed by atoms with Crippen LogP contribution in [0.15, 0.2) is 53.4 Å². The van der Waals surface area contributed by atoms with Crippen LogP contribution in [0.25, 0.3) is 0 Å². The van der Waals surface area contributed by atoms with E-state index in [0.29, 0.717) is 15.5 Å². The van der Waals surface area contributed by atoms with E-state index in [4.69, 9.17) is 11.6 Å². The molecule has 0 aromatic heterocycles. The maximum absolute atomic E-state index is 11.9. The Morgan fingerprint density at radius 3 is 2.14 bits per heavy atom. The molecule has 2 aromatic rings. The summed E-state index contributed by atoms with van der Waals surface area (Å²) in [5.41, 5.74) is 5.20. The predicted octanol–water partition coefficient (Wildman–Crippen LogP) is 2.15. The summed E-state index contributed by atoms with van der Waals surface area (Å²) < 4.78 is 11.3. The van der Waals surface area contributed by atoms with Gasteiger partial charge in [-0.1, -0.05) is 23.7 Å². The molecule has 2 aromatic carbocycles. The average Bonchev–Trinajstić information content (AvgIpc) is 2.52. The van der Waals surface area contributed by atoms with E-state index in [2.05, 4.69) is 10.9 Å². The summed E-state index contributed by atoms with van der Waals surface area (Å²) in [5.74, 6) is -0.987. The van der Waals surface area contributed by atoms with Crippen molar-refractivity contribution in [2.24, 2.45) is 0 Å². The van der Waals surface area contributed by atoms with Crippen molar-refractivity contribution in [2.45, 2.75) is 4.90 Å². The molecule has 2 rings (SSSR count). The van der Waals surface area contributed by atoms with Crippen LogP contribution in [-0.4, -0.2) is 22.3 Å². The normalized spacial score (nSPS) is 11.5. The maximum Gasteiger partial charge on any atom is 0.271 e. The Kier molecular flexibility index (Phi) is 5.30. The number of rotatable bonds is 3. The Morgan fingerprint density at radius 2 is 1.55 bits per heavy atom. The van der Waals surface area contributed by atoms with E-state index in [1.165, 1.54) is 12.1 Å². The number of amides is 2. The van der Waals surface area contributed by atoms with Crippen molar-refractivity contribution in [2.75, 3.05) is 6.26 Å². The molecular weight excluding hydrogens is 324 g/mol. The summed E-state index contributed by atoms with van der Waals surface area (Å²) in [7, 11) is -1.11. The maximum atomic E-state index is 11.9. The van der Waals surface area contributed by atoms with Crippen molar-refractivity contribution >= 4 is 34.2 Å². The van der Waals surface area contributed by atoms with Gasteiger partial charge in [0.1, 0.15) is 0 Å². The molecule has 5 nitrogen and oxygen atoms in total. The molecule has 0 fully saturated rings. The largest absolute Gasteiger partial charge is 0.271 e. The molecule has 1 unspecified atom stereocenters. The zero-order chi connectivity index (χ0) is 16.1. The lowest BCUT2D eigenvalue weighted by Crippen LogP contribution is -2.41. The summed E-state index contributed by atoms with van der Waals surface area (Å²) in [5, 5.41) is 0.295. The highest BCUT2D eigenvalue weighted by molar-refractivity contribution is 7.84. The van der Waals surface area contributed by atoms with Crippen LogP contribution in [0.2, 0.25) is 5.02 Å². The first-order valence-corrected chi connectivity index (χ1v) is 8.21. The lowest BCUT2D eigenvalue weighted by Gasteiger charge is -2.08. The zero-order valence-corrected chi connectivity index (χ0v) is 13.2. The Balaban J connectivity index is 1.99. The van der Waals surface area contributed by atoms with Crippen LogP contribution in [0.4, 0.5) is 0 Å². The van der Waals surface area contributed by atoms with E-state index in [9.17, 15) is 13.8 Å².